The van der Waals surface area contributed by atoms with Crippen molar-refractivity contribution in [1.29, 1.82) is 0 Å². The van der Waals surface area contributed by atoms with Gasteiger partial charge < -0.3 is 14.8 Å². The van der Waals surface area contributed by atoms with Crippen LogP contribution in [0.1, 0.15) is 23.2 Å². The minimum atomic E-state index is -0.184. The van der Waals surface area contributed by atoms with Crippen LogP contribution < -0.4 is 5.32 Å². The molecule has 3 aromatic rings. The van der Waals surface area contributed by atoms with E-state index < -0.39 is 0 Å². The summed E-state index contributed by atoms with van der Waals surface area (Å²) in [6, 6.07) is 13.4. The number of amides is 1. The monoisotopic (exact) mass is 381 g/mol. The highest BCUT2D eigenvalue weighted by Crippen LogP contribution is 2.25. The van der Waals surface area contributed by atoms with Crippen molar-refractivity contribution in [2.24, 2.45) is 5.92 Å². The number of aromatic nitrogens is 2. The molecule has 0 radical (unpaired) electrons. The van der Waals surface area contributed by atoms with Crippen molar-refractivity contribution in [3.63, 3.8) is 0 Å². The molecular weight excluding hydrogens is 358 g/mol. The number of carbonyl (C=O) groups is 1. The molecule has 0 bridgehead atoms. The molecule has 2 N–H and O–H groups in total. The Kier molecular flexibility index (Phi) is 5.45. The lowest BCUT2D eigenvalue weighted by atomic mass is 9.94. The molecule has 6 heteroatoms. The normalized spacial score (nSPS) is 16.3. The minimum Gasteiger partial charge on any atom is -0.394 e. The Bertz CT molecular complexity index is 920. The van der Waals surface area contributed by atoms with Gasteiger partial charge in [0.25, 0.3) is 5.91 Å². The number of nitrogens with zero attached hydrogens (tertiary/aromatic N) is 2. The minimum absolute atomic E-state index is 0.0213. The van der Waals surface area contributed by atoms with Crippen molar-refractivity contribution in [2.75, 3.05) is 18.1 Å². The SMILES string of the molecule is O=C(N[C@@H](CO)C1CCSCC1)c1ccc2nc(-c3ccccc3)cn2c1. The topological polar surface area (TPSA) is 66.6 Å². The van der Waals surface area contributed by atoms with Gasteiger partial charge in [-0.05, 0) is 42.4 Å². The Morgan fingerprint density at radius 3 is 2.70 bits per heavy atom. The Morgan fingerprint density at radius 1 is 1.19 bits per heavy atom. The summed E-state index contributed by atoms with van der Waals surface area (Å²) in [7, 11) is 0. The first kappa shape index (κ1) is 18.1. The van der Waals surface area contributed by atoms with Gasteiger partial charge in [-0.3, -0.25) is 4.79 Å². The molecule has 27 heavy (non-hydrogen) atoms. The van der Waals surface area contributed by atoms with E-state index in [1.165, 1.54) is 0 Å². The summed E-state index contributed by atoms with van der Waals surface area (Å²) in [4.78, 5) is 17.3. The van der Waals surface area contributed by atoms with Gasteiger partial charge in [-0.15, -0.1) is 0 Å². The zero-order valence-electron chi connectivity index (χ0n) is 15.0. The molecule has 0 saturated carbocycles. The highest BCUT2D eigenvalue weighted by Gasteiger charge is 2.25. The first-order chi connectivity index (χ1) is 13.2. The van der Waals surface area contributed by atoms with Crippen LogP contribution in [0.4, 0.5) is 0 Å². The van der Waals surface area contributed by atoms with Crippen LogP contribution >= 0.6 is 11.8 Å². The number of nitrogens with one attached hydrogen (secondary N) is 1. The van der Waals surface area contributed by atoms with E-state index in [9.17, 15) is 9.90 Å². The molecule has 0 unspecified atom stereocenters. The number of aliphatic hydroxyl groups excluding tert-OH is 1. The first-order valence-electron chi connectivity index (χ1n) is 9.28. The van der Waals surface area contributed by atoms with E-state index in [1.54, 1.807) is 12.3 Å². The van der Waals surface area contributed by atoms with Crippen LogP contribution in [0.3, 0.4) is 0 Å². The first-order valence-corrected chi connectivity index (χ1v) is 10.4. The van der Waals surface area contributed by atoms with Gasteiger partial charge in [0, 0.05) is 18.0 Å². The third-order valence-corrected chi connectivity index (χ3v) is 6.18. The van der Waals surface area contributed by atoms with Crippen molar-refractivity contribution < 1.29 is 9.90 Å². The van der Waals surface area contributed by atoms with Crippen molar-refractivity contribution in [3.05, 3.63) is 60.4 Å². The van der Waals surface area contributed by atoms with Crippen LogP contribution in [0.5, 0.6) is 0 Å². The van der Waals surface area contributed by atoms with E-state index in [1.807, 2.05) is 58.8 Å². The van der Waals surface area contributed by atoms with Crippen molar-refractivity contribution >= 4 is 23.3 Å². The number of hydrogen-bond acceptors (Lipinski definition) is 4. The maximum atomic E-state index is 12.7. The number of fused-ring (bicyclic) bond motifs is 1. The molecule has 140 valence electrons. The zero-order valence-corrected chi connectivity index (χ0v) is 15.9. The maximum Gasteiger partial charge on any atom is 0.253 e. The van der Waals surface area contributed by atoms with E-state index in [-0.39, 0.29) is 18.6 Å². The number of hydrogen-bond donors (Lipinski definition) is 2. The van der Waals surface area contributed by atoms with Gasteiger partial charge in [0.2, 0.25) is 0 Å². The highest BCUT2D eigenvalue weighted by molar-refractivity contribution is 7.99. The van der Waals surface area contributed by atoms with Crippen LogP contribution in [0.2, 0.25) is 0 Å². The molecule has 1 fully saturated rings. The van der Waals surface area contributed by atoms with Crippen LogP contribution in [0, 0.1) is 5.92 Å². The summed E-state index contributed by atoms with van der Waals surface area (Å²) < 4.78 is 1.88. The lowest BCUT2D eigenvalue weighted by Crippen LogP contribution is -2.44. The molecule has 5 nitrogen and oxygen atoms in total. The van der Waals surface area contributed by atoms with E-state index in [4.69, 9.17) is 0 Å². The second kappa shape index (κ2) is 8.15. The average molecular weight is 382 g/mol. The number of thioether (sulfide) groups is 1. The summed E-state index contributed by atoms with van der Waals surface area (Å²) in [5.74, 6) is 2.40. The van der Waals surface area contributed by atoms with Gasteiger partial charge in [0.15, 0.2) is 0 Å². The summed E-state index contributed by atoms with van der Waals surface area (Å²) >= 11 is 1.94. The standard InChI is InChI=1S/C21H23N3O2S/c25-14-19(16-8-10-27-11-9-16)23-21(26)17-6-7-20-22-18(13-24(20)12-17)15-4-2-1-3-5-15/h1-7,12-13,16,19,25H,8-11,14H2,(H,23,26)/t19-/m0/s1. The number of benzene rings is 1. The highest BCUT2D eigenvalue weighted by atomic mass is 32.2. The van der Waals surface area contributed by atoms with Crippen LogP contribution in [-0.2, 0) is 0 Å². The lowest BCUT2D eigenvalue weighted by Gasteiger charge is -2.29. The van der Waals surface area contributed by atoms with E-state index >= 15 is 0 Å². The van der Waals surface area contributed by atoms with Crippen LogP contribution in [-0.4, -0.2) is 44.6 Å². The maximum absolute atomic E-state index is 12.7. The van der Waals surface area contributed by atoms with Gasteiger partial charge in [-0.25, -0.2) is 4.98 Å². The predicted molar refractivity (Wildman–Crippen MR) is 109 cm³/mol. The molecule has 1 amide bonds. The van der Waals surface area contributed by atoms with E-state index in [2.05, 4.69) is 10.3 Å². The van der Waals surface area contributed by atoms with Gasteiger partial charge in [-0.1, -0.05) is 30.3 Å². The third-order valence-electron chi connectivity index (χ3n) is 5.13. The number of pyridine rings is 1. The average Bonchev–Trinajstić information content (AvgIpc) is 3.16. The smallest absolute Gasteiger partial charge is 0.253 e. The summed E-state index contributed by atoms with van der Waals surface area (Å²) in [5, 5.41) is 12.8. The van der Waals surface area contributed by atoms with Crippen molar-refractivity contribution in [2.45, 2.75) is 18.9 Å². The summed E-state index contributed by atoms with van der Waals surface area (Å²) in [6.45, 7) is -0.0213. The quantitative estimate of drug-likeness (QED) is 0.712. The molecular formula is C21H23N3O2S. The molecule has 1 aliphatic heterocycles. The molecule has 0 aliphatic carbocycles. The van der Waals surface area contributed by atoms with Gasteiger partial charge in [0.1, 0.15) is 5.65 Å². The molecule has 1 atom stereocenters. The summed E-state index contributed by atoms with van der Waals surface area (Å²) in [5.41, 5.74) is 3.29. The number of rotatable bonds is 5. The van der Waals surface area contributed by atoms with E-state index in [0.29, 0.717) is 11.5 Å². The fourth-order valence-corrected chi connectivity index (χ4v) is 4.70. The zero-order chi connectivity index (χ0) is 18.6. The summed E-state index contributed by atoms with van der Waals surface area (Å²) in [6.07, 6.45) is 5.81. The van der Waals surface area contributed by atoms with Crippen LogP contribution in [0.25, 0.3) is 16.9 Å². The van der Waals surface area contributed by atoms with Gasteiger partial charge >= 0.3 is 0 Å². The Labute approximate surface area is 162 Å². The van der Waals surface area contributed by atoms with E-state index in [0.717, 1.165) is 41.3 Å². The molecule has 0 spiro atoms. The second-order valence-corrected chi connectivity index (χ2v) is 8.11. The molecule has 1 aliphatic rings. The van der Waals surface area contributed by atoms with Crippen LogP contribution in [0.15, 0.2) is 54.9 Å². The van der Waals surface area contributed by atoms with Crippen molar-refractivity contribution in [1.82, 2.24) is 14.7 Å². The Morgan fingerprint density at radius 2 is 1.96 bits per heavy atom. The third kappa shape index (κ3) is 4.01. The van der Waals surface area contributed by atoms with Crippen molar-refractivity contribution in [3.8, 4) is 11.3 Å². The lowest BCUT2D eigenvalue weighted by molar-refractivity contribution is 0.0884. The second-order valence-electron chi connectivity index (χ2n) is 6.89. The largest absolute Gasteiger partial charge is 0.394 e. The number of imidazole rings is 1. The molecule has 2 aromatic heterocycles. The van der Waals surface area contributed by atoms with Gasteiger partial charge in [0.05, 0.1) is 23.9 Å². The van der Waals surface area contributed by atoms with Gasteiger partial charge in [-0.2, -0.15) is 11.8 Å². The Balaban J connectivity index is 1.53. The molecule has 1 saturated heterocycles. The Hall–Kier alpha value is -2.31. The molecule has 4 rings (SSSR count). The fraction of sp³-hybridized carbons (Fsp3) is 0.333. The number of aliphatic hydroxyl groups is 1. The molecule has 1 aromatic carbocycles. The number of carbonyl (C=O) groups excluding carboxylic acids is 1. The molecule has 3 heterocycles. The predicted octanol–water partition coefficient (Wildman–Crippen LogP) is 3.24. The fourth-order valence-electron chi connectivity index (χ4n) is 3.56.